The summed E-state index contributed by atoms with van der Waals surface area (Å²) in [4.78, 5) is 1.42. The Morgan fingerprint density at radius 2 is 2.11 bits per heavy atom. The van der Waals surface area contributed by atoms with Gasteiger partial charge in [-0.1, -0.05) is 31.4 Å². The van der Waals surface area contributed by atoms with E-state index in [9.17, 15) is 0 Å². The predicted octanol–water partition coefficient (Wildman–Crippen LogP) is 5.66. The van der Waals surface area contributed by atoms with Crippen molar-refractivity contribution < 1.29 is 0 Å². The van der Waals surface area contributed by atoms with Crippen LogP contribution in [0, 0.1) is 5.41 Å². The van der Waals surface area contributed by atoms with E-state index in [1.165, 1.54) is 56.4 Å². The monoisotopic (exact) mass is 363 g/mol. The Bertz CT molecular complexity index is 379. The van der Waals surface area contributed by atoms with Gasteiger partial charge in [-0.2, -0.15) is 0 Å². The molecule has 0 aromatic carbocycles. The average molecular weight is 365 g/mol. The number of hydrogen-bond acceptors (Lipinski definition) is 2. The van der Waals surface area contributed by atoms with Crippen LogP contribution in [0.2, 0.25) is 5.02 Å². The molecule has 0 atom stereocenters. The van der Waals surface area contributed by atoms with Gasteiger partial charge in [0.1, 0.15) is 0 Å². The smallest absolute Gasteiger partial charge is 0.0887 e. The Hall–Kier alpha value is 0.430. The van der Waals surface area contributed by atoms with E-state index >= 15 is 0 Å². The second-order valence-corrected chi connectivity index (χ2v) is 8.51. The topological polar surface area (TPSA) is 12.0 Å². The summed E-state index contributed by atoms with van der Waals surface area (Å²) in [5, 5.41) is 4.35. The Morgan fingerprint density at radius 1 is 1.37 bits per heavy atom. The molecule has 1 heterocycles. The molecule has 1 aromatic rings. The van der Waals surface area contributed by atoms with E-state index in [-0.39, 0.29) is 0 Å². The number of nitrogens with one attached hydrogen (secondary N) is 1. The lowest BCUT2D eigenvalue weighted by Crippen LogP contribution is -2.25. The first kappa shape index (κ1) is 15.8. The Morgan fingerprint density at radius 3 is 2.68 bits per heavy atom. The minimum atomic E-state index is 0.588. The first-order valence-electron chi connectivity index (χ1n) is 7.30. The molecule has 0 unspecified atom stereocenters. The van der Waals surface area contributed by atoms with Crippen molar-refractivity contribution in [2.75, 3.05) is 13.1 Å². The van der Waals surface area contributed by atoms with E-state index in [0.29, 0.717) is 5.41 Å². The average Bonchev–Trinajstić information content (AvgIpc) is 2.97. The molecule has 1 aliphatic rings. The van der Waals surface area contributed by atoms with E-state index in [4.69, 9.17) is 11.6 Å². The molecule has 4 heteroatoms. The van der Waals surface area contributed by atoms with Crippen LogP contribution in [0.1, 0.15) is 50.3 Å². The number of aryl methyl sites for hydroxylation is 1. The normalized spacial score (nSPS) is 18.1. The maximum atomic E-state index is 6.12. The van der Waals surface area contributed by atoms with Gasteiger partial charge in [-0.3, -0.25) is 0 Å². The van der Waals surface area contributed by atoms with Gasteiger partial charge in [-0.25, -0.2) is 0 Å². The van der Waals surface area contributed by atoms with Crippen molar-refractivity contribution in [1.82, 2.24) is 5.32 Å². The Kier molecular flexibility index (Phi) is 6.19. The van der Waals surface area contributed by atoms with Gasteiger partial charge in [0, 0.05) is 4.88 Å². The van der Waals surface area contributed by atoms with Crippen LogP contribution in [-0.4, -0.2) is 13.1 Å². The largest absolute Gasteiger partial charge is 0.317 e. The van der Waals surface area contributed by atoms with Crippen LogP contribution in [0.3, 0.4) is 0 Å². The maximum absolute atomic E-state index is 6.12. The Balaban J connectivity index is 1.89. The van der Waals surface area contributed by atoms with Gasteiger partial charge in [0.15, 0.2) is 0 Å². The highest BCUT2D eigenvalue weighted by molar-refractivity contribution is 9.11. The highest BCUT2D eigenvalue weighted by Gasteiger charge is 2.32. The van der Waals surface area contributed by atoms with Crippen LogP contribution in [0.5, 0.6) is 0 Å². The van der Waals surface area contributed by atoms with Gasteiger partial charge in [-0.05, 0) is 72.6 Å². The molecule has 0 bridgehead atoms. The summed E-state index contributed by atoms with van der Waals surface area (Å²) in [6.45, 7) is 4.45. The van der Waals surface area contributed by atoms with Gasteiger partial charge in [0.2, 0.25) is 0 Å². The van der Waals surface area contributed by atoms with Crippen molar-refractivity contribution in [3.05, 3.63) is 19.8 Å². The van der Waals surface area contributed by atoms with Gasteiger partial charge in [0.25, 0.3) is 0 Å². The molecule has 108 valence electrons. The lowest BCUT2D eigenvalue weighted by molar-refractivity contribution is 0.246. The van der Waals surface area contributed by atoms with E-state index < -0.39 is 0 Å². The third-order valence-electron chi connectivity index (χ3n) is 4.34. The summed E-state index contributed by atoms with van der Waals surface area (Å²) >= 11 is 11.4. The minimum absolute atomic E-state index is 0.588. The molecule has 1 fully saturated rings. The number of hydrogen-bond donors (Lipinski definition) is 1. The maximum Gasteiger partial charge on any atom is 0.0887 e. The fourth-order valence-corrected chi connectivity index (χ4v) is 5.00. The van der Waals surface area contributed by atoms with E-state index in [1.807, 2.05) is 0 Å². The molecule has 0 radical (unpaired) electrons. The second-order valence-electron chi connectivity index (χ2n) is 5.65. The highest BCUT2D eigenvalue weighted by atomic mass is 79.9. The fraction of sp³-hybridized carbons (Fsp3) is 0.733. The molecule has 0 spiro atoms. The molecule has 0 aliphatic heterocycles. The van der Waals surface area contributed by atoms with Crippen molar-refractivity contribution in [2.45, 2.75) is 51.9 Å². The van der Waals surface area contributed by atoms with E-state index in [2.05, 4.69) is 34.2 Å². The highest BCUT2D eigenvalue weighted by Crippen LogP contribution is 2.45. The second kappa shape index (κ2) is 7.44. The van der Waals surface area contributed by atoms with Gasteiger partial charge in [-0.15, -0.1) is 11.3 Å². The molecule has 1 N–H and O–H groups in total. The zero-order valence-corrected chi connectivity index (χ0v) is 14.8. The summed E-state index contributed by atoms with van der Waals surface area (Å²) in [6, 6.07) is 2.13. The summed E-state index contributed by atoms with van der Waals surface area (Å²) in [5.41, 5.74) is 0.588. The SMILES string of the molecule is CCNCCC1(CCc2cc(Cl)c(Br)s2)CCCC1. The molecule has 19 heavy (non-hydrogen) atoms. The molecular weight excluding hydrogens is 342 g/mol. The van der Waals surface area contributed by atoms with Crippen molar-refractivity contribution >= 4 is 38.9 Å². The Labute approximate surface area is 134 Å². The summed E-state index contributed by atoms with van der Waals surface area (Å²) < 4.78 is 1.08. The first-order valence-corrected chi connectivity index (χ1v) is 9.28. The molecule has 1 aliphatic carbocycles. The van der Waals surface area contributed by atoms with Crippen LogP contribution in [0.15, 0.2) is 9.85 Å². The molecule has 0 amide bonds. The first-order chi connectivity index (χ1) is 9.15. The molecule has 1 aromatic heterocycles. The van der Waals surface area contributed by atoms with Crippen molar-refractivity contribution in [3.8, 4) is 0 Å². The van der Waals surface area contributed by atoms with Gasteiger partial charge in [0.05, 0.1) is 8.81 Å². The third-order valence-corrected chi connectivity index (χ3v) is 6.88. The lowest BCUT2D eigenvalue weighted by atomic mass is 9.78. The molecule has 1 saturated carbocycles. The van der Waals surface area contributed by atoms with Crippen LogP contribution >= 0.6 is 38.9 Å². The van der Waals surface area contributed by atoms with E-state index in [0.717, 1.165) is 15.4 Å². The van der Waals surface area contributed by atoms with Crippen molar-refractivity contribution in [2.24, 2.45) is 5.41 Å². The lowest BCUT2D eigenvalue weighted by Gasteiger charge is -2.29. The summed E-state index contributed by atoms with van der Waals surface area (Å²) in [7, 11) is 0. The molecule has 0 saturated heterocycles. The zero-order valence-electron chi connectivity index (χ0n) is 11.6. The quantitative estimate of drug-likeness (QED) is 0.616. The number of halogens is 2. The zero-order chi connectivity index (χ0) is 13.7. The van der Waals surface area contributed by atoms with Gasteiger partial charge >= 0.3 is 0 Å². The minimum Gasteiger partial charge on any atom is -0.317 e. The van der Waals surface area contributed by atoms with Crippen LogP contribution in [0.25, 0.3) is 0 Å². The van der Waals surface area contributed by atoms with E-state index in [1.54, 1.807) is 11.3 Å². The molecule has 1 nitrogen and oxygen atoms in total. The van der Waals surface area contributed by atoms with Crippen LogP contribution < -0.4 is 5.32 Å². The molecular formula is C15H23BrClNS. The fourth-order valence-electron chi connectivity index (χ4n) is 3.18. The summed E-state index contributed by atoms with van der Waals surface area (Å²) in [6.07, 6.45) is 9.50. The van der Waals surface area contributed by atoms with Crippen LogP contribution in [-0.2, 0) is 6.42 Å². The predicted molar refractivity (Wildman–Crippen MR) is 89.4 cm³/mol. The molecule has 2 rings (SSSR count). The van der Waals surface area contributed by atoms with Crippen molar-refractivity contribution in [1.29, 1.82) is 0 Å². The van der Waals surface area contributed by atoms with Crippen molar-refractivity contribution in [3.63, 3.8) is 0 Å². The van der Waals surface area contributed by atoms with Crippen LogP contribution in [0.4, 0.5) is 0 Å². The summed E-state index contributed by atoms with van der Waals surface area (Å²) in [5.74, 6) is 0. The third kappa shape index (κ3) is 4.45. The van der Waals surface area contributed by atoms with Gasteiger partial charge < -0.3 is 5.32 Å². The number of rotatable bonds is 7. The number of thiophene rings is 1. The standard InChI is InChI=1S/C15H23BrClNS/c1-2-18-10-9-15(6-3-4-7-15)8-5-12-11-13(17)14(16)19-12/h11,18H,2-10H2,1H3.